The zero-order valence-corrected chi connectivity index (χ0v) is 11.5. The van der Waals surface area contributed by atoms with Gasteiger partial charge < -0.3 is 0 Å². The standard InChI is InChI=1S/C17H10ClF3/c18-16-9-5-4-8-14(16)12-15(17(19,20)21)11-10-13-6-2-1-3-7-13/h1-9,12H/b15-12-. The molecule has 0 unspecified atom stereocenters. The van der Waals surface area contributed by atoms with E-state index in [0.29, 0.717) is 5.56 Å². The fourth-order valence-electron chi connectivity index (χ4n) is 1.60. The van der Waals surface area contributed by atoms with E-state index < -0.39 is 11.7 Å². The van der Waals surface area contributed by atoms with Crippen LogP contribution in [0, 0.1) is 11.8 Å². The zero-order chi connectivity index (χ0) is 15.3. The first-order valence-electron chi connectivity index (χ1n) is 6.07. The van der Waals surface area contributed by atoms with E-state index in [1.165, 1.54) is 12.1 Å². The third kappa shape index (κ3) is 4.40. The Bertz CT molecular complexity index is 704. The van der Waals surface area contributed by atoms with Gasteiger partial charge in [-0.05, 0) is 29.8 Å². The highest BCUT2D eigenvalue weighted by molar-refractivity contribution is 6.32. The van der Waals surface area contributed by atoms with Crippen LogP contribution in [-0.2, 0) is 0 Å². The zero-order valence-electron chi connectivity index (χ0n) is 10.8. The number of rotatable bonds is 1. The Morgan fingerprint density at radius 3 is 2.19 bits per heavy atom. The van der Waals surface area contributed by atoms with Crippen LogP contribution in [0.3, 0.4) is 0 Å². The minimum Gasteiger partial charge on any atom is -0.165 e. The molecule has 0 amide bonds. The predicted molar refractivity (Wildman–Crippen MR) is 78.8 cm³/mol. The second-order valence-corrected chi connectivity index (χ2v) is 4.60. The smallest absolute Gasteiger partial charge is 0.165 e. The number of alkyl halides is 3. The molecule has 0 radical (unpaired) electrons. The Balaban J connectivity index is 2.42. The maximum absolute atomic E-state index is 13.0. The lowest BCUT2D eigenvalue weighted by molar-refractivity contribution is -0.0863. The van der Waals surface area contributed by atoms with Crippen LogP contribution in [0.5, 0.6) is 0 Å². The van der Waals surface area contributed by atoms with Gasteiger partial charge in [0.2, 0.25) is 0 Å². The highest BCUT2D eigenvalue weighted by atomic mass is 35.5. The van der Waals surface area contributed by atoms with E-state index in [1.54, 1.807) is 42.5 Å². The lowest BCUT2D eigenvalue weighted by atomic mass is 10.1. The van der Waals surface area contributed by atoms with Gasteiger partial charge in [0.25, 0.3) is 0 Å². The largest absolute Gasteiger partial charge is 0.424 e. The quantitative estimate of drug-likeness (QED) is 0.624. The van der Waals surface area contributed by atoms with Gasteiger partial charge in [0.15, 0.2) is 0 Å². The van der Waals surface area contributed by atoms with Gasteiger partial charge in [-0.25, -0.2) is 0 Å². The van der Waals surface area contributed by atoms with Crippen molar-refractivity contribution >= 4 is 17.7 Å². The molecular weight excluding hydrogens is 297 g/mol. The van der Waals surface area contributed by atoms with E-state index in [0.717, 1.165) is 6.08 Å². The van der Waals surface area contributed by atoms with Crippen molar-refractivity contribution in [3.63, 3.8) is 0 Å². The Morgan fingerprint density at radius 2 is 1.57 bits per heavy atom. The van der Waals surface area contributed by atoms with E-state index in [-0.39, 0.29) is 10.6 Å². The van der Waals surface area contributed by atoms with E-state index >= 15 is 0 Å². The Morgan fingerprint density at radius 1 is 0.952 bits per heavy atom. The summed E-state index contributed by atoms with van der Waals surface area (Å²) in [4.78, 5) is 0. The summed E-state index contributed by atoms with van der Waals surface area (Å²) in [6.07, 6.45) is -3.57. The molecule has 0 N–H and O–H groups in total. The van der Waals surface area contributed by atoms with Crippen molar-refractivity contribution in [3.05, 3.63) is 76.3 Å². The topological polar surface area (TPSA) is 0 Å². The SMILES string of the molecule is FC(F)(F)/C(C#Cc1ccccc1)=C\c1ccccc1Cl. The van der Waals surface area contributed by atoms with Gasteiger partial charge in [0.05, 0.1) is 0 Å². The first-order chi connectivity index (χ1) is 9.97. The van der Waals surface area contributed by atoms with Crippen molar-refractivity contribution < 1.29 is 13.2 Å². The number of halogens is 4. The molecule has 0 aliphatic rings. The van der Waals surface area contributed by atoms with Crippen LogP contribution in [0.25, 0.3) is 6.08 Å². The van der Waals surface area contributed by atoms with Crippen LogP contribution in [-0.4, -0.2) is 6.18 Å². The van der Waals surface area contributed by atoms with E-state index in [9.17, 15) is 13.2 Å². The summed E-state index contributed by atoms with van der Waals surface area (Å²) in [5.74, 6) is 4.69. The van der Waals surface area contributed by atoms with E-state index in [1.807, 2.05) is 0 Å². The predicted octanol–water partition coefficient (Wildman–Crippen LogP) is 5.34. The summed E-state index contributed by atoms with van der Waals surface area (Å²) in [6, 6.07) is 14.8. The second-order valence-electron chi connectivity index (χ2n) is 4.19. The molecular formula is C17H10ClF3. The fourth-order valence-corrected chi connectivity index (χ4v) is 1.79. The van der Waals surface area contributed by atoms with Crippen LogP contribution in [0.4, 0.5) is 13.2 Å². The first-order valence-corrected chi connectivity index (χ1v) is 6.45. The van der Waals surface area contributed by atoms with Crippen molar-refractivity contribution in [3.8, 4) is 11.8 Å². The molecule has 0 fully saturated rings. The molecule has 21 heavy (non-hydrogen) atoms. The highest BCUT2D eigenvalue weighted by Crippen LogP contribution is 2.28. The summed E-state index contributed by atoms with van der Waals surface area (Å²) < 4.78 is 39.1. The molecule has 2 aromatic rings. The normalized spacial score (nSPS) is 11.7. The maximum Gasteiger partial charge on any atom is 0.424 e. The molecule has 0 aliphatic carbocycles. The van der Waals surface area contributed by atoms with Gasteiger partial charge in [0, 0.05) is 10.6 Å². The maximum atomic E-state index is 13.0. The van der Waals surface area contributed by atoms with Gasteiger partial charge in [-0.1, -0.05) is 59.8 Å². The van der Waals surface area contributed by atoms with E-state index in [4.69, 9.17) is 11.6 Å². The van der Waals surface area contributed by atoms with Gasteiger partial charge in [-0.15, -0.1) is 0 Å². The third-order valence-electron chi connectivity index (χ3n) is 2.63. The fraction of sp³-hybridized carbons (Fsp3) is 0.0588. The Labute approximate surface area is 125 Å². The van der Waals surface area contributed by atoms with Gasteiger partial charge in [-0.2, -0.15) is 13.2 Å². The monoisotopic (exact) mass is 306 g/mol. The summed E-state index contributed by atoms with van der Waals surface area (Å²) in [7, 11) is 0. The summed E-state index contributed by atoms with van der Waals surface area (Å²) >= 11 is 5.88. The molecule has 0 aromatic heterocycles. The van der Waals surface area contributed by atoms with Crippen molar-refractivity contribution in [2.45, 2.75) is 6.18 Å². The van der Waals surface area contributed by atoms with Crippen LogP contribution in [0.2, 0.25) is 5.02 Å². The van der Waals surface area contributed by atoms with Crippen molar-refractivity contribution in [2.75, 3.05) is 0 Å². The van der Waals surface area contributed by atoms with E-state index in [2.05, 4.69) is 11.8 Å². The number of hydrogen-bond acceptors (Lipinski definition) is 0. The first kappa shape index (κ1) is 15.2. The molecule has 0 saturated heterocycles. The minimum atomic E-state index is -4.53. The van der Waals surface area contributed by atoms with Gasteiger partial charge in [0.1, 0.15) is 5.57 Å². The van der Waals surface area contributed by atoms with Gasteiger partial charge in [-0.3, -0.25) is 0 Å². The molecule has 0 spiro atoms. The highest BCUT2D eigenvalue weighted by Gasteiger charge is 2.32. The van der Waals surface area contributed by atoms with Crippen LogP contribution < -0.4 is 0 Å². The summed E-state index contributed by atoms with van der Waals surface area (Å²) in [5.41, 5.74) is -0.125. The molecule has 0 saturated carbocycles. The number of hydrogen-bond donors (Lipinski definition) is 0. The number of benzene rings is 2. The Kier molecular flexibility index (Phi) is 4.72. The van der Waals surface area contributed by atoms with Gasteiger partial charge >= 0.3 is 6.18 Å². The lowest BCUT2D eigenvalue weighted by Crippen LogP contribution is -2.10. The molecule has 0 bridgehead atoms. The molecule has 0 aliphatic heterocycles. The van der Waals surface area contributed by atoms with Crippen LogP contribution in [0.15, 0.2) is 60.2 Å². The van der Waals surface area contributed by atoms with Crippen LogP contribution in [0.1, 0.15) is 11.1 Å². The van der Waals surface area contributed by atoms with Crippen molar-refractivity contribution in [1.82, 2.24) is 0 Å². The molecule has 4 heteroatoms. The molecule has 0 atom stereocenters. The summed E-state index contributed by atoms with van der Waals surface area (Å²) in [5, 5.41) is 0.251. The average Bonchev–Trinajstić information content (AvgIpc) is 2.45. The van der Waals surface area contributed by atoms with Crippen molar-refractivity contribution in [2.24, 2.45) is 0 Å². The molecule has 106 valence electrons. The van der Waals surface area contributed by atoms with Crippen LogP contribution >= 0.6 is 11.6 Å². The third-order valence-corrected chi connectivity index (χ3v) is 2.97. The Hall–Kier alpha value is -2.18. The lowest BCUT2D eigenvalue weighted by Gasteiger charge is -2.06. The second kappa shape index (κ2) is 6.51. The minimum absolute atomic E-state index is 0.251. The molecule has 0 heterocycles. The number of allylic oxidation sites excluding steroid dienone is 1. The average molecular weight is 307 g/mol. The summed E-state index contributed by atoms with van der Waals surface area (Å²) in [6.45, 7) is 0. The molecule has 2 aromatic carbocycles. The molecule has 0 nitrogen and oxygen atoms in total. The van der Waals surface area contributed by atoms with Crippen molar-refractivity contribution in [1.29, 1.82) is 0 Å². The molecule has 2 rings (SSSR count).